The van der Waals surface area contributed by atoms with Gasteiger partial charge in [0.25, 0.3) is 11.6 Å². The molecule has 8 heteroatoms. The minimum atomic E-state index is -0.452. The predicted molar refractivity (Wildman–Crippen MR) is 112 cm³/mol. The third-order valence-electron chi connectivity index (χ3n) is 4.98. The van der Waals surface area contributed by atoms with E-state index in [0.29, 0.717) is 42.5 Å². The van der Waals surface area contributed by atoms with Crippen molar-refractivity contribution in [2.24, 2.45) is 0 Å². The number of aryl methyl sites for hydroxylation is 1. The first-order valence-electron chi connectivity index (χ1n) is 9.04. The Morgan fingerprint density at radius 3 is 2.39 bits per heavy atom. The Hall–Kier alpha value is -2.80. The molecule has 0 N–H and O–H groups in total. The molecule has 0 spiro atoms. The summed E-state index contributed by atoms with van der Waals surface area (Å²) >= 11 is 6.12. The van der Waals surface area contributed by atoms with Crippen LogP contribution in [0.15, 0.2) is 36.4 Å². The number of benzene rings is 2. The number of hydrogen-bond donors (Lipinski definition) is 0. The first kappa shape index (κ1) is 19.9. The zero-order valence-corrected chi connectivity index (χ0v) is 16.9. The van der Waals surface area contributed by atoms with Crippen LogP contribution < -0.4 is 9.80 Å². The van der Waals surface area contributed by atoms with Gasteiger partial charge < -0.3 is 14.7 Å². The van der Waals surface area contributed by atoms with Crippen LogP contribution in [0.2, 0.25) is 5.02 Å². The van der Waals surface area contributed by atoms with Gasteiger partial charge in [-0.25, -0.2) is 0 Å². The zero-order valence-electron chi connectivity index (χ0n) is 16.2. The molecular formula is C20H23ClN4O3. The van der Waals surface area contributed by atoms with Gasteiger partial charge in [0.05, 0.1) is 4.92 Å². The maximum absolute atomic E-state index is 12.9. The summed E-state index contributed by atoms with van der Waals surface area (Å²) in [5.41, 5.74) is 2.96. The van der Waals surface area contributed by atoms with Gasteiger partial charge in [-0.1, -0.05) is 17.7 Å². The van der Waals surface area contributed by atoms with Crippen molar-refractivity contribution in [3.8, 4) is 0 Å². The summed E-state index contributed by atoms with van der Waals surface area (Å²) < 4.78 is 0. The summed E-state index contributed by atoms with van der Waals surface area (Å²) in [5.74, 6) is -0.184. The summed E-state index contributed by atoms with van der Waals surface area (Å²) in [4.78, 5) is 29.4. The number of amides is 1. The summed E-state index contributed by atoms with van der Waals surface area (Å²) in [6.45, 7) is 4.51. The Morgan fingerprint density at radius 1 is 1.11 bits per heavy atom. The molecule has 148 valence electrons. The van der Waals surface area contributed by atoms with Crippen molar-refractivity contribution in [2.45, 2.75) is 6.92 Å². The van der Waals surface area contributed by atoms with E-state index in [9.17, 15) is 14.9 Å². The van der Waals surface area contributed by atoms with E-state index in [2.05, 4.69) is 4.90 Å². The normalized spacial score (nSPS) is 14.1. The molecule has 1 aliphatic rings. The molecule has 1 heterocycles. The van der Waals surface area contributed by atoms with Crippen LogP contribution in [-0.2, 0) is 0 Å². The lowest BCUT2D eigenvalue weighted by Crippen LogP contribution is -2.49. The standard InChI is InChI=1S/C20H23ClN4O3/c1-14-4-6-16(21)13-18(14)23-8-10-24(11-9-23)20(26)15-5-7-17(22(2)3)19(12-15)25(27)28/h4-7,12-13H,8-11H2,1-3H3. The highest BCUT2D eigenvalue weighted by Crippen LogP contribution is 2.29. The van der Waals surface area contributed by atoms with Gasteiger partial charge >= 0.3 is 0 Å². The van der Waals surface area contributed by atoms with E-state index in [0.717, 1.165) is 11.3 Å². The molecular weight excluding hydrogens is 380 g/mol. The SMILES string of the molecule is Cc1ccc(Cl)cc1N1CCN(C(=O)c2ccc(N(C)C)c([N+](=O)[O-])c2)CC1. The van der Waals surface area contributed by atoms with Gasteiger partial charge in [0.1, 0.15) is 5.69 Å². The number of anilines is 2. The van der Waals surface area contributed by atoms with Crippen LogP contribution in [0.3, 0.4) is 0 Å². The van der Waals surface area contributed by atoms with E-state index in [1.807, 2.05) is 25.1 Å². The van der Waals surface area contributed by atoms with Crippen molar-refractivity contribution in [3.05, 3.63) is 62.7 Å². The van der Waals surface area contributed by atoms with Crippen molar-refractivity contribution >= 4 is 34.6 Å². The molecule has 0 aliphatic carbocycles. The highest BCUT2D eigenvalue weighted by Gasteiger charge is 2.25. The largest absolute Gasteiger partial charge is 0.372 e. The van der Waals surface area contributed by atoms with Crippen LogP contribution in [0.25, 0.3) is 0 Å². The fourth-order valence-corrected chi connectivity index (χ4v) is 3.60. The van der Waals surface area contributed by atoms with Crippen LogP contribution >= 0.6 is 11.6 Å². The second-order valence-electron chi connectivity index (χ2n) is 7.07. The lowest BCUT2D eigenvalue weighted by atomic mass is 10.1. The highest BCUT2D eigenvalue weighted by molar-refractivity contribution is 6.30. The average molecular weight is 403 g/mol. The minimum absolute atomic E-state index is 0.0657. The van der Waals surface area contributed by atoms with Gasteiger partial charge in [-0.3, -0.25) is 14.9 Å². The molecule has 0 saturated carbocycles. The van der Waals surface area contributed by atoms with Gasteiger partial charge in [-0.2, -0.15) is 0 Å². The molecule has 0 bridgehead atoms. The molecule has 1 aliphatic heterocycles. The number of piperazine rings is 1. The van der Waals surface area contributed by atoms with Crippen LogP contribution in [0.5, 0.6) is 0 Å². The lowest BCUT2D eigenvalue weighted by Gasteiger charge is -2.37. The number of hydrogen-bond acceptors (Lipinski definition) is 5. The summed E-state index contributed by atoms with van der Waals surface area (Å²) in [6.07, 6.45) is 0. The molecule has 0 atom stereocenters. The fraction of sp³-hybridized carbons (Fsp3) is 0.350. The van der Waals surface area contributed by atoms with Gasteiger partial charge in [-0.15, -0.1) is 0 Å². The summed E-state index contributed by atoms with van der Waals surface area (Å²) in [7, 11) is 3.47. The number of nitro benzene ring substituents is 1. The van der Waals surface area contributed by atoms with Crippen molar-refractivity contribution in [2.75, 3.05) is 50.1 Å². The molecule has 0 radical (unpaired) electrons. The molecule has 0 aromatic heterocycles. The van der Waals surface area contributed by atoms with Crippen LogP contribution in [0.1, 0.15) is 15.9 Å². The molecule has 7 nitrogen and oxygen atoms in total. The quantitative estimate of drug-likeness (QED) is 0.577. The summed E-state index contributed by atoms with van der Waals surface area (Å²) in [6, 6.07) is 10.4. The van der Waals surface area contributed by atoms with E-state index in [1.54, 1.807) is 36.0 Å². The Morgan fingerprint density at radius 2 is 1.79 bits per heavy atom. The molecule has 3 rings (SSSR count). The number of nitro groups is 1. The monoisotopic (exact) mass is 402 g/mol. The molecule has 2 aromatic carbocycles. The molecule has 1 fully saturated rings. The van der Waals surface area contributed by atoms with E-state index >= 15 is 0 Å². The first-order chi connectivity index (χ1) is 13.3. The Kier molecular flexibility index (Phi) is 5.74. The first-order valence-corrected chi connectivity index (χ1v) is 9.42. The predicted octanol–water partition coefficient (Wildman–Crippen LogP) is 3.59. The maximum atomic E-state index is 12.9. The topological polar surface area (TPSA) is 69.9 Å². The summed E-state index contributed by atoms with van der Waals surface area (Å²) in [5, 5.41) is 12.1. The van der Waals surface area contributed by atoms with Gasteiger partial charge in [-0.05, 0) is 36.8 Å². The maximum Gasteiger partial charge on any atom is 0.293 e. The van der Waals surface area contributed by atoms with E-state index in [4.69, 9.17) is 11.6 Å². The number of carbonyl (C=O) groups excluding carboxylic acids is 1. The Bertz CT molecular complexity index is 908. The van der Waals surface area contributed by atoms with Crippen LogP contribution in [0, 0.1) is 17.0 Å². The fourth-order valence-electron chi connectivity index (χ4n) is 3.44. The van der Waals surface area contributed by atoms with E-state index in [1.165, 1.54) is 6.07 Å². The van der Waals surface area contributed by atoms with Crippen molar-refractivity contribution < 1.29 is 9.72 Å². The second-order valence-corrected chi connectivity index (χ2v) is 7.50. The van der Waals surface area contributed by atoms with Crippen LogP contribution in [-0.4, -0.2) is 56.0 Å². The Labute approximate surface area is 169 Å². The van der Waals surface area contributed by atoms with Gasteiger partial charge in [0, 0.05) is 62.6 Å². The number of carbonyl (C=O) groups is 1. The smallest absolute Gasteiger partial charge is 0.293 e. The van der Waals surface area contributed by atoms with Gasteiger partial charge in [0.2, 0.25) is 0 Å². The van der Waals surface area contributed by atoms with Crippen molar-refractivity contribution in [3.63, 3.8) is 0 Å². The minimum Gasteiger partial charge on any atom is -0.372 e. The average Bonchev–Trinajstić information content (AvgIpc) is 2.68. The van der Waals surface area contributed by atoms with E-state index in [-0.39, 0.29) is 11.6 Å². The van der Waals surface area contributed by atoms with Gasteiger partial charge in [0.15, 0.2) is 0 Å². The lowest BCUT2D eigenvalue weighted by molar-refractivity contribution is -0.384. The molecule has 0 unspecified atom stereocenters. The molecule has 2 aromatic rings. The third-order valence-corrected chi connectivity index (χ3v) is 5.21. The zero-order chi connectivity index (χ0) is 20.4. The number of rotatable bonds is 4. The van der Waals surface area contributed by atoms with Crippen molar-refractivity contribution in [1.82, 2.24) is 4.90 Å². The van der Waals surface area contributed by atoms with Crippen LogP contribution in [0.4, 0.5) is 17.1 Å². The number of nitrogens with zero attached hydrogens (tertiary/aromatic N) is 4. The Balaban J connectivity index is 1.74. The highest BCUT2D eigenvalue weighted by atomic mass is 35.5. The molecule has 28 heavy (non-hydrogen) atoms. The molecule has 1 amide bonds. The third kappa shape index (κ3) is 4.04. The number of halogens is 1. The second kappa shape index (κ2) is 8.06. The van der Waals surface area contributed by atoms with E-state index < -0.39 is 4.92 Å². The van der Waals surface area contributed by atoms with Crippen molar-refractivity contribution in [1.29, 1.82) is 0 Å². The molecule has 1 saturated heterocycles.